The molecule has 1 aromatic heterocycles. The Morgan fingerprint density at radius 2 is 1.79 bits per heavy atom. The second-order valence-corrected chi connectivity index (χ2v) is 6.09. The smallest absolute Gasteiger partial charge is 0.185 e. The van der Waals surface area contributed by atoms with Crippen LogP contribution >= 0.6 is 0 Å². The summed E-state index contributed by atoms with van der Waals surface area (Å²) in [6.45, 7) is 0. The van der Waals surface area contributed by atoms with Gasteiger partial charge in [0.25, 0.3) is 0 Å². The topological polar surface area (TPSA) is 56.3 Å². The van der Waals surface area contributed by atoms with Crippen LogP contribution in [0.5, 0.6) is 5.75 Å². The second kappa shape index (κ2) is 7.39. The number of methoxy groups -OCH3 is 1. The summed E-state index contributed by atoms with van der Waals surface area (Å²) >= 11 is 0. The molecule has 0 amide bonds. The Balaban J connectivity index is 1.66. The van der Waals surface area contributed by atoms with Crippen molar-refractivity contribution in [1.29, 1.82) is 0 Å². The number of fused-ring (bicyclic) bond motifs is 1. The predicted octanol–water partition coefficient (Wildman–Crippen LogP) is 3.81. The van der Waals surface area contributed by atoms with Crippen LogP contribution in [0.4, 0.5) is 0 Å². The van der Waals surface area contributed by atoms with Gasteiger partial charge < -0.3 is 4.74 Å². The molecule has 0 fully saturated rings. The van der Waals surface area contributed by atoms with Crippen molar-refractivity contribution in [2.75, 3.05) is 7.11 Å². The van der Waals surface area contributed by atoms with Gasteiger partial charge in [-0.05, 0) is 55.0 Å². The van der Waals surface area contributed by atoms with Crippen molar-refractivity contribution in [1.82, 2.24) is 4.98 Å². The van der Waals surface area contributed by atoms with Gasteiger partial charge in [0.2, 0.25) is 0 Å². The highest BCUT2D eigenvalue weighted by molar-refractivity contribution is 6.02. The number of Topliss-reactive ketones (excluding diaryl/α,β-unsaturated/α-hetero) is 2. The Morgan fingerprint density at radius 1 is 1.04 bits per heavy atom. The monoisotopic (exact) mass is 323 g/mol. The normalized spacial score (nSPS) is 13.2. The Morgan fingerprint density at radius 3 is 2.58 bits per heavy atom. The lowest BCUT2D eigenvalue weighted by Crippen LogP contribution is -2.09. The summed E-state index contributed by atoms with van der Waals surface area (Å²) in [6, 6.07) is 9.37. The van der Waals surface area contributed by atoms with Crippen molar-refractivity contribution in [3.63, 3.8) is 0 Å². The highest BCUT2D eigenvalue weighted by Crippen LogP contribution is 2.23. The number of carbonyl (C=O) groups excluding carboxylic acids is 2. The van der Waals surface area contributed by atoms with E-state index in [2.05, 4.69) is 11.1 Å². The summed E-state index contributed by atoms with van der Waals surface area (Å²) in [7, 11) is 1.51. The third kappa shape index (κ3) is 3.53. The van der Waals surface area contributed by atoms with E-state index in [0.717, 1.165) is 12.8 Å². The summed E-state index contributed by atoms with van der Waals surface area (Å²) in [4.78, 5) is 28.8. The van der Waals surface area contributed by atoms with Gasteiger partial charge in [0.1, 0.15) is 11.4 Å². The molecule has 2 aromatic rings. The molecule has 0 spiro atoms. The molecular weight excluding hydrogens is 302 g/mol. The fourth-order valence-corrected chi connectivity index (χ4v) is 3.16. The average molecular weight is 323 g/mol. The van der Waals surface area contributed by atoms with E-state index in [1.807, 2.05) is 12.1 Å². The minimum atomic E-state index is -0.168. The minimum absolute atomic E-state index is 0.00613. The van der Waals surface area contributed by atoms with Crippen LogP contribution < -0.4 is 4.74 Å². The molecule has 1 heterocycles. The molecule has 0 bridgehead atoms. The van der Waals surface area contributed by atoms with E-state index in [1.165, 1.54) is 31.1 Å². The highest BCUT2D eigenvalue weighted by Gasteiger charge is 2.17. The van der Waals surface area contributed by atoms with Crippen LogP contribution in [0, 0.1) is 0 Å². The molecule has 4 heteroatoms. The number of hydrogen-bond donors (Lipinski definition) is 0. The lowest BCUT2D eigenvalue weighted by atomic mass is 9.89. The molecule has 0 saturated carbocycles. The van der Waals surface area contributed by atoms with Crippen LogP contribution in [0.2, 0.25) is 0 Å². The first kappa shape index (κ1) is 16.4. The maximum absolute atomic E-state index is 12.4. The molecule has 0 atom stereocenters. The van der Waals surface area contributed by atoms with E-state index in [0.29, 0.717) is 17.0 Å². The molecule has 0 unspecified atom stereocenters. The number of carbonyl (C=O) groups is 2. The Hall–Kier alpha value is -2.49. The number of benzene rings is 1. The number of hydrogen-bond acceptors (Lipinski definition) is 4. The number of nitrogens with zero attached hydrogens (tertiary/aromatic N) is 1. The summed E-state index contributed by atoms with van der Waals surface area (Å²) in [6.07, 6.45) is 6.44. The van der Waals surface area contributed by atoms with Crippen molar-refractivity contribution in [2.24, 2.45) is 0 Å². The fourth-order valence-electron chi connectivity index (χ4n) is 3.16. The van der Waals surface area contributed by atoms with Gasteiger partial charge in [-0.25, -0.2) is 4.98 Å². The number of pyridine rings is 1. The maximum Gasteiger partial charge on any atom is 0.185 e. The first-order chi connectivity index (χ1) is 11.7. The molecule has 124 valence electrons. The number of ether oxygens (including phenoxy) is 1. The van der Waals surface area contributed by atoms with E-state index >= 15 is 0 Å². The molecule has 1 aromatic carbocycles. The standard InChI is InChI=1S/C20H21NO3/c1-24-19-7-4-12-21-20(19)18(23)11-10-17(22)16-9-8-14-5-2-3-6-15(14)13-16/h4,7-9,12-13H,2-3,5-6,10-11H2,1H3. The van der Waals surface area contributed by atoms with E-state index in [1.54, 1.807) is 18.3 Å². The van der Waals surface area contributed by atoms with Crippen LogP contribution in [-0.2, 0) is 12.8 Å². The quantitative estimate of drug-likeness (QED) is 0.758. The van der Waals surface area contributed by atoms with Crippen molar-refractivity contribution < 1.29 is 14.3 Å². The molecule has 0 radical (unpaired) electrons. The zero-order valence-electron chi connectivity index (χ0n) is 13.9. The number of rotatable bonds is 6. The molecule has 4 nitrogen and oxygen atoms in total. The number of ketones is 2. The van der Waals surface area contributed by atoms with Crippen LogP contribution in [0.1, 0.15) is 57.7 Å². The fraction of sp³-hybridized carbons (Fsp3) is 0.350. The van der Waals surface area contributed by atoms with Gasteiger partial charge in [-0.1, -0.05) is 12.1 Å². The number of aryl methyl sites for hydroxylation is 2. The molecule has 1 aliphatic rings. The van der Waals surface area contributed by atoms with Gasteiger partial charge in [0.05, 0.1) is 7.11 Å². The largest absolute Gasteiger partial charge is 0.494 e. The Bertz CT molecular complexity index is 767. The zero-order chi connectivity index (χ0) is 16.9. The van der Waals surface area contributed by atoms with Gasteiger partial charge in [-0.3, -0.25) is 9.59 Å². The molecular formula is C20H21NO3. The summed E-state index contributed by atoms with van der Waals surface area (Å²) in [5.41, 5.74) is 3.63. The first-order valence-electron chi connectivity index (χ1n) is 8.36. The second-order valence-electron chi connectivity index (χ2n) is 6.09. The van der Waals surface area contributed by atoms with Crippen molar-refractivity contribution in [2.45, 2.75) is 38.5 Å². The van der Waals surface area contributed by atoms with Gasteiger partial charge in [0.15, 0.2) is 11.6 Å². The Labute approximate surface area is 141 Å². The average Bonchev–Trinajstić information content (AvgIpc) is 2.65. The molecule has 24 heavy (non-hydrogen) atoms. The van der Waals surface area contributed by atoms with Gasteiger partial charge in [-0.2, -0.15) is 0 Å². The Kier molecular flexibility index (Phi) is 5.04. The van der Waals surface area contributed by atoms with E-state index in [4.69, 9.17) is 4.74 Å². The third-order valence-electron chi connectivity index (χ3n) is 4.50. The summed E-state index contributed by atoms with van der Waals surface area (Å²) in [5.74, 6) is 0.286. The van der Waals surface area contributed by atoms with E-state index < -0.39 is 0 Å². The van der Waals surface area contributed by atoms with Crippen LogP contribution in [-0.4, -0.2) is 23.7 Å². The maximum atomic E-state index is 12.4. The molecule has 0 saturated heterocycles. The van der Waals surface area contributed by atoms with E-state index in [-0.39, 0.29) is 24.4 Å². The lowest BCUT2D eigenvalue weighted by molar-refractivity contribution is 0.0913. The van der Waals surface area contributed by atoms with Crippen molar-refractivity contribution in [3.05, 3.63) is 58.9 Å². The number of aromatic nitrogens is 1. The SMILES string of the molecule is COc1cccnc1C(=O)CCC(=O)c1ccc2c(c1)CCCC2. The molecule has 3 rings (SSSR count). The van der Waals surface area contributed by atoms with Crippen LogP contribution in [0.15, 0.2) is 36.5 Å². The predicted molar refractivity (Wildman–Crippen MR) is 91.8 cm³/mol. The molecule has 0 aliphatic heterocycles. The third-order valence-corrected chi connectivity index (χ3v) is 4.50. The highest BCUT2D eigenvalue weighted by atomic mass is 16.5. The van der Waals surface area contributed by atoms with Crippen LogP contribution in [0.25, 0.3) is 0 Å². The van der Waals surface area contributed by atoms with Gasteiger partial charge in [-0.15, -0.1) is 0 Å². The van der Waals surface area contributed by atoms with Crippen molar-refractivity contribution >= 4 is 11.6 Å². The van der Waals surface area contributed by atoms with Gasteiger partial charge >= 0.3 is 0 Å². The van der Waals surface area contributed by atoms with Crippen molar-refractivity contribution in [3.8, 4) is 5.75 Å². The molecule has 0 N–H and O–H groups in total. The zero-order valence-corrected chi connectivity index (χ0v) is 13.9. The first-order valence-corrected chi connectivity index (χ1v) is 8.36. The molecule has 1 aliphatic carbocycles. The van der Waals surface area contributed by atoms with Crippen LogP contribution in [0.3, 0.4) is 0 Å². The lowest BCUT2D eigenvalue weighted by Gasteiger charge is -2.16. The summed E-state index contributed by atoms with van der Waals surface area (Å²) < 4.78 is 5.15. The van der Waals surface area contributed by atoms with E-state index in [9.17, 15) is 9.59 Å². The van der Waals surface area contributed by atoms with Gasteiger partial charge in [0, 0.05) is 24.6 Å². The summed E-state index contributed by atoms with van der Waals surface area (Å²) in [5, 5.41) is 0. The minimum Gasteiger partial charge on any atom is -0.494 e.